The van der Waals surface area contributed by atoms with Crippen molar-refractivity contribution in [1.29, 1.82) is 0 Å². The Kier molecular flexibility index (Phi) is 4.12. The SMILES string of the molecule is CC(C)C1CC2OC23C2(C)CCC4=C(COC4=O)C2CC2OC23C1OCCCC(=O)O. The average molecular weight is 433 g/mol. The summed E-state index contributed by atoms with van der Waals surface area (Å²) in [4.78, 5) is 23.2. The van der Waals surface area contributed by atoms with Crippen LogP contribution in [0.3, 0.4) is 0 Å². The maximum atomic E-state index is 12.2. The van der Waals surface area contributed by atoms with Crippen molar-refractivity contribution in [3.63, 3.8) is 0 Å². The number of fused-ring (bicyclic) bond motifs is 2. The number of carbonyl (C=O) groups is 2. The molecule has 2 spiro atoms. The van der Waals surface area contributed by atoms with Crippen molar-refractivity contribution in [2.75, 3.05) is 13.2 Å². The van der Waals surface area contributed by atoms with Crippen LogP contribution in [0.1, 0.15) is 59.3 Å². The third kappa shape index (κ3) is 2.35. The second-order valence-electron chi connectivity index (χ2n) is 11.0. The highest BCUT2D eigenvalue weighted by Crippen LogP contribution is 2.79. The molecule has 0 aromatic carbocycles. The van der Waals surface area contributed by atoms with E-state index in [1.54, 1.807) is 0 Å². The summed E-state index contributed by atoms with van der Waals surface area (Å²) in [6, 6.07) is 0. The van der Waals surface area contributed by atoms with Crippen molar-refractivity contribution in [1.82, 2.24) is 0 Å². The Morgan fingerprint density at radius 2 is 2.06 bits per heavy atom. The molecule has 2 saturated heterocycles. The van der Waals surface area contributed by atoms with Crippen LogP contribution in [0.2, 0.25) is 0 Å². The molecule has 170 valence electrons. The number of hydrogen-bond acceptors (Lipinski definition) is 6. The van der Waals surface area contributed by atoms with E-state index in [2.05, 4.69) is 20.8 Å². The van der Waals surface area contributed by atoms with Crippen LogP contribution < -0.4 is 0 Å². The summed E-state index contributed by atoms with van der Waals surface area (Å²) in [7, 11) is 0. The van der Waals surface area contributed by atoms with Crippen molar-refractivity contribution in [3.05, 3.63) is 11.1 Å². The van der Waals surface area contributed by atoms with Gasteiger partial charge in [0.15, 0.2) is 5.60 Å². The molecule has 7 nitrogen and oxygen atoms in total. The third-order valence-corrected chi connectivity index (χ3v) is 9.42. The van der Waals surface area contributed by atoms with Gasteiger partial charge in [0.2, 0.25) is 0 Å². The van der Waals surface area contributed by atoms with Crippen molar-refractivity contribution in [2.45, 2.75) is 88.8 Å². The fourth-order valence-corrected chi connectivity index (χ4v) is 7.93. The van der Waals surface area contributed by atoms with E-state index < -0.39 is 11.6 Å². The molecule has 0 aromatic rings. The van der Waals surface area contributed by atoms with E-state index >= 15 is 0 Å². The topological polar surface area (TPSA) is 97.9 Å². The van der Waals surface area contributed by atoms with E-state index in [4.69, 9.17) is 24.1 Å². The summed E-state index contributed by atoms with van der Waals surface area (Å²) in [5.41, 5.74) is 1.14. The van der Waals surface area contributed by atoms with E-state index in [1.165, 1.54) is 5.57 Å². The minimum atomic E-state index is -0.791. The molecule has 0 aromatic heterocycles. The van der Waals surface area contributed by atoms with Gasteiger partial charge in [-0.25, -0.2) is 4.79 Å². The number of hydrogen-bond donors (Lipinski definition) is 1. The van der Waals surface area contributed by atoms with Gasteiger partial charge in [0, 0.05) is 24.0 Å². The van der Waals surface area contributed by atoms with Gasteiger partial charge in [-0.2, -0.15) is 0 Å². The highest BCUT2D eigenvalue weighted by molar-refractivity contribution is 5.92. The maximum Gasteiger partial charge on any atom is 0.334 e. The van der Waals surface area contributed by atoms with Crippen LogP contribution in [0.5, 0.6) is 0 Å². The zero-order chi connectivity index (χ0) is 21.8. The molecule has 31 heavy (non-hydrogen) atoms. The van der Waals surface area contributed by atoms with Crippen molar-refractivity contribution >= 4 is 11.9 Å². The standard InChI is InChI=1S/C24H32O7/c1-12(2)14-9-18-24(31-18)22(3)7-6-13-15(11-29-21(13)27)16(22)10-17-23(24,30-17)20(14)28-8-4-5-19(25)26/h12,14,16-18,20H,4-11H2,1-3H3,(H,25,26). The average Bonchev–Trinajstić information content (AvgIpc) is 3.59. The van der Waals surface area contributed by atoms with Crippen LogP contribution in [-0.2, 0) is 28.5 Å². The molecule has 0 radical (unpaired) electrons. The lowest BCUT2D eigenvalue weighted by Crippen LogP contribution is -2.67. The minimum absolute atomic E-state index is 0.0594. The molecule has 8 atom stereocenters. The molecule has 1 N–H and O–H groups in total. The molecule has 3 aliphatic heterocycles. The van der Waals surface area contributed by atoms with E-state index in [0.29, 0.717) is 31.5 Å². The summed E-state index contributed by atoms with van der Waals surface area (Å²) in [5.74, 6) is 0.0699. The number of carbonyl (C=O) groups excluding carboxylic acids is 1. The largest absolute Gasteiger partial charge is 0.481 e. The molecule has 4 fully saturated rings. The monoisotopic (exact) mass is 432 g/mol. The first-order chi connectivity index (χ1) is 14.8. The number of epoxide rings is 2. The van der Waals surface area contributed by atoms with Crippen LogP contribution in [0.4, 0.5) is 0 Å². The number of esters is 1. The van der Waals surface area contributed by atoms with Crippen molar-refractivity contribution < 1.29 is 33.6 Å². The second-order valence-corrected chi connectivity index (χ2v) is 11.0. The van der Waals surface area contributed by atoms with Crippen LogP contribution in [0.15, 0.2) is 11.1 Å². The summed E-state index contributed by atoms with van der Waals surface area (Å²) in [5, 5.41) is 9.00. The zero-order valence-corrected chi connectivity index (χ0v) is 18.5. The Labute approximate surface area is 182 Å². The Morgan fingerprint density at radius 1 is 1.26 bits per heavy atom. The van der Waals surface area contributed by atoms with Crippen LogP contribution >= 0.6 is 0 Å². The molecule has 7 heteroatoms. The molecule has 0 bridgehead atoms. The molecule has 3 aliphatic carbocycles. The molecule has 6 rings (SSSR count). The van der Waals surface area contributed by atoms with Gasteiger partial charge >= 0.3 is 11.9 Å². The number of cyclic esters (lactones) is 1. The summed E-state index contributed by atoms with van der Waals surface area (Å²) < 4.78 is 25.2. The number of rotatable bonds is 6. The Morgan fingerprint density at radius 3 is 2.81 bits per heavy atom. The summed E-state index contributed by atoms with van der Waals surface area (Å²) in [6.07, 6.45) is 4.23. The smallest absolute Gasteiger partial charge is 0.334 e. The number of carboxylic acids is 1. The zero-order valence-electron chi connectivity index (χ0n) is 18.5. The predicted molar refractivity (Wildman–Crippen MR) is 108 cm³/mol. The number of ether oxygens (including phenoxy) is 4. The first-order valence-electron chi connectivity index (χ1n) is 11.8. The van der Waals surface area contributed by atoms with Crippen LogP contribution in [-0.4, -0.2) is 59.8 Å². The van der Waals surface area contributed by atoms with Gasteiger partial charge in [-0.1, -0.05) is 20.8 Å². The van der Waals surface area contributed by atoms with Gasteiger partial charge in [-0.05, 0) is 55.4 Å². The van der Waals surface area contributed by atoms with Gasteiger partial charge in [0.1, 0.15) is 12.2 Å². The minimum Gasteiger partial charge on any atom is -0.481 e. The fourth-order valence-electron chi connectivity index (χ4n) is 7.93. The highest BCUT2D eigenvalue weighted by atomic mass is 16.7. The van der Waals surface area contributed by atoms with E-state index in [1.807, 2.05) is 0 Å². The number of aliphatic carboxylic acids is 1. The molecule has 8 unspecified atom stereocenters. The molecular weight excluding hydrogens is 400 g/mol. The summed E-state index contributed by atoms with van der Waals surface area (Å²) >= 11 is 0. The van der Waals surface area contributed by atoms with Crippen LogP contribution in [0.25, 0.3) is 0 Å². The maximum absolute atomic E-state index is 12.2. The Bertz CT molecular complexity index is 879. The van der Waals surface area contributed by atoms with E-state index in [-0.39, 0.29) is 47.6 Å². The first kappa shape index (κ1) is 20.2. The normalized spacial score (nSPS) is 48.9. The van der Waals surface area contributed by atoms with Crippen molar-refractivity contribution in [2.24, 2.45) is 23.2 Å². The van der Waals surface area contributed by atoms with Gasteiger partial charge in [-0.3, -0.25) is 4.79 Å². The fraction of sp³-hybridized carbons (Fsp3) is 0.833. The lowest BCUT2D eigenvalue weighted by molar-refractivity contribution is -0.139. The Balaban J connectivity index is 1.34. The predicted octanol–water partition coefficient (Wildman–Crippen LogP) is 2.86. The van der Waals surface area contributed by atoms with Crippen molar-refractivity contribution in [3.8, 4) is 0 Å². The summed E-state index contributed by atoms with van der Waals surface area (Å²) in [6.45, 7) is 7.64. The highest BCUT2D eigenvalue weighted by Gasteiger charge is 2.93. The molecule has 0 amide bonds. The van der Waals surface area contributed by atoms with E-state index in [0.717, 1.165) is 31.3 Å². The lowest BCUT2D eigenvalue weighted by Gasteiger charge is -2.55. The van der Waals surface area contributed by atoms with Gasteiger partial charge in [-0.15, -0.1) is 0 Å². The van der Waals surface area contributed by atoms with Crippen LogP contribution in [0, 0.1) is 23.2 Å². The molecule has 6 aliphatic rings. The second kappa shape index (κ2) is 6.33. The molecular formula is C24H32O7. The Hall–Kier alpha value is -1.44. The van der Waals surface area contributed by atoms with Gasteiger partial charge < -0.3 is 24.1 Å². The quantitative estimate of drug-likeness (QED) is 0.391. The molecule has 3 heterocycles. The lowest BCUT2D eigenvalue weighted by atomic mass is 9.46. The number of carboxylic acid groups (broad SMARTS) is 1. The third-order valence-electron chi connectivity index (χ3n) is 9.42. The molecule has 2 saturated carbocycles. The van der Waals surface area contributed by atoms with Gasteiger partial charge in [0.25, 0.3) is 0 Å². The van der Waals surface area contributed by atoms with Gasteiger partial charge in [0.05, 0.1) is 18.3 Å². The first-order valence-corrected chi connectivity index (χ1v) is 11.8. The van der Waals surface area contributed by atoms with E-state index in [9.17, 15) is 9.59 Å².